The van der Waals surface area contributed by atoms with Crippen molar-refractivity contribution in [3.05, 3.63) is 67.8 Å². The highest BCUT2D eigenvalue weighted by Crippen LogP contribution is 2.26. The molecule has 1 atom stereocenters. The number of carbonyl (C=O) groups is 1. The summed E-state index contributed by atoms with van der Waals surface area (Å²) in [6.07, 6.45) is 1.48. The van der Waals surface area contributed by atoms with Gasteiger partial charge in [0.1, 0.15) is 0 Å². The minimum atomic E-state index is -0.187. The average Bonchev–Trinajstić information content (AvgIpc) is 2.86. The summed E-state index contributed by atoms with van der Waals surface area (Å²) >= 11 is 1.73. The summed E-state index contributed by atoms with van der Waals surface area (Å²) in [5, 5.41) is 4.21. The van der Waals surface area contributed by atoms with Gasteiger partial charge in [-0.05, 0) is 38.5 Å². The van der Waals surface area contributed by atoms with Crippen molar-refractivity contribution in [3.63, 3.8) is 0 Å². The zero-order chi connectivity index (χ0) is 16.6. The van der Waals surface area contributed by atoms with Crippen molar-refractivity contribution in [3.8, 4) is 0 Å². The largest absolute Gasteiger partial charge is 0.345 e. The van der Waals surface area contributed by atoms with Crippen LogP contribution >= 0.6 is 11.3 Å². The van der Waals surface area contributed by atoms with Crippen LogP contribution in [-0.2, 0) is 0 Å². The Morgan fingerprint density at radius 1 is 1.22 bits per heavy atom. The molecule has 0 fully saturated rings. The van der Waals surface area contributed by atoms with E-state index in [1.807, 2.05) is 13.0 Å². The van der Waals surface area contributed by atoms with E-state index < -0.39 is 0 Å². The van der Waals surface area contributed by atoms with Crippen LogP contribution < -0.4 is 10.9 Å². The van der Waals surface area contributed by atoms with Gasteiger partial charge in [0.2, 0.25) is 0 Å². The third kappa shape index (κ3) is 2.92. The Balaban J connectivity index is 1.94. The summed E-state index contributed by atoms with van der Waals surface area (Å²) < 4.78 is 0. The maximum atomic E-state index is 12.6. The molecule has 0 radical (unpaired) electrons. The van der Waals surface area contributed by atoms with Gasteiger partial charge in [0.15, 0.2) is 0 Å². The second kappa shape index (κ2) is 6.01. The van der Waals surface area contributed by atoms with Gasteiger partial charge in [-0.3, -0.25) is 9.59 Å². The topological polar surface area (TPSA) is 62.0 Å². The molecule has 0 unspecified atom stereocenters. The molecule has 4 nitrogen and oxygen atoms in total. The standard InChI is InChI=1S/C18H18N2O2S/c1-10-8-15(12(3)23-10)11(2)20-18(22)16-9-19-17(21)14-7-5-4-6-13(14)16/h4-9,11H,1-3H3,(H,19,21)(H,20,22)/t11-/m0/s1. The van der Waals surface area contributed by atoms with Crippen LogP contribution in [0.4, 0.5) is 0 Å². The van der Waals surface area contributed by atoms with Gasteiger partial charge in [-0.2, -0.15) is 0 Å². The Kier molecular flexibility index (Phi) is 4.05. The van der Waals surface area contributed by atoms with Crippen molar-refractivity contribution >= 4 is 28.0 Å². The SMILES string of the molecule is Cc1cc([C@H](C)NC(=O)c2c[nH]c(=O)c3ccccc23)c(C)s1. The first kappa shape index (κ1) is 15.5. The third-order valence-electron chi connectivity index (χ3n) is 3.95. The van der Waals surface area contributed by atoms with Gasteiger partial charge in [-0.15, -0.1) is 11.3 Å². The monoisotopic (exact) mass is 326 g/mol. The Bertz CT molecular complexity index is 940. The number of aromatic amines is 1. The predicted molar refractivity (Wildman–Crippen MR) is 94.2 cm³/mol. The lowest BCUT2D eigenvalue weighted by atomic mass is 10.1. The van der Waals surface area contributed by atoms with Gasteiger partial charge in [0, 0.05) is 26.7 Å². The zero-order valence-electron chi connectivity index (χ0n) is 13.3. The molecule has 0 saturated heterocycles. The smallest absolute Gasteiger partial charge is 0.255 e. The molecule has 1 amide bonds. The first-order chi connectivity index (χ1) is 11.0. The average molecular weight is 326 g/mol. The van der Waals surface area contributed by atoms with Crippen LogP contribution in [0.3, 0.4) is 0 Å². The van der Waals surface area contributed by atoms with Crippen LogP contribution in [0, 0.1) is 13.8 Å². The molecule has 118 valence electrons. The molecular formula is C18H18N2O2S. The second-order valence-corrected chi connectivity index (χ2v) is 7.10. The van der Waals surface area contributed by atoms with Gasteiger partial charge in [0.25, 0.3) is 11.5 Å². The highest BCUT2D eigenvalue weighted by molar-refractivity contribution is 7.12. The lowest BCUT2D eigenvalue weighted by Crippen LogP contribution is -2.27. The lowest BCUT2D eigenvalue weighted by molar-refractivity contribution is 0.0941. The molecule has 5 heteroatoms. The van der Waals surface area contributed by atoms with Crippen LogP contribution in [0.5, 0.6) is 0 Å². The van der Waals surface area contributed by atoms with Gasteiger partial charge >= 0.3 is 0 Å². The molecule has 2 N–H and O–H groups in total. The molecule has 23 heavy (non-hydrogen) atoms. The first-order valence-corrected chi connectivity index (χ1v) is 8.27. The summed E-state index contributed by atoms with van der Waals surface area (Å²) in [6.45, 7) is 6.09. The molecule has 0 aliphatic heterocycles. The van der Waals surface area contributed by atoms with Crippen molar-refractivity contribution in [1.82, 2.24) is 10.3 Å². The molecule has 2 aromatic heterocycles. The number of hydrogen-bond acceptors (Lipinski definition) is 3. The van der Waals surface area contributed by atoms with E-state index in [4.69, 9.17) is 0 Å². The minimum Gasteiger partial charge on any atom is -0.345 e. The number of benzene rings is 1. The highest BCUT2D eigenvalue weighted by atomic mass is 32.1. The zero-order valence-corrected chi connectivity index (χ0v) is 14.1. The third-order valence-corrected chi connectivity index (χ3v) is 4.93. The van der Waals surface area contributed by atoms with Crippen LogP contribution in [-0.4, -0.2) is 10.9 Å². The number of hydrogen-bond donors (Lipinski definition) is 2. The summed E-state index contributed by atoms with van der Waals surface area (Å²) in [6, 6.07) is 9.16. The van der Waals surface area contributed by atoms with E-state index in [2.05, 4.69) is 30.2 Å². The van der Waals surface area contributed by atoms with E-state index in [0.717, 1.165) is 5.56 Å². The van der Waals surface area contributed by atoms with Gasteiger partial charge in [-0.1, -0.05) is 18.2 Å². The summed E-state index contributed by atoms with van der Waals surface area (Å²) in [5.74, 6) is -0.187. The van der Waals surface area contributed by atoms with E-state index >= 15 is 0 Å². The van der Waals surface area contributed by atoms with E-state index in [9.17, 15) is 9.59 Å². The molecule has 3 rings (SSSR count). The van der Waals surface area contributed by atoms with Crippen molar-refractivity contribution in [2.75, 3.05) is 0 Å². The Hall–Kier alpha value is -2.40. The number of amides is 1. The van der Waals surface area contributed by atoms with Crippen molar-refractivity contribution in [2.45, 2.75) is 26.8 Å². The van der Waals surface area contributed by atoms with E-state index in [-0.39, 0.29) is 17.5 Å². The van der Waals surface area contributed by atoms with E-state index in [1.54, 1.807) is 29.5 Å². The quantitative estimate of drug-likeness (QED) is 0.771. The van der Waals surface area contributed by atoms with Gasteiger partial charge < -0.3 is 10.3 Å². The minimum absolute atomic E-state index is 0.0851. The second-order valence-electron chi connectivity index (χ2n) is 5.64. The maximum Gasteiger partial charge on any atom is 0.255 e. The fourth-order valence-corrected chi connectivity index (χ4v) is 3.85. The molecule has 0 spiro atoms. The summed E-state index contributed by atoms with van der Waals surface area (Å²) in [5.41, 5.74) is 1.43. The van der Waals surface area contributed by atoms with Gasteiger partial charge in [-0.25, -0.2) is 0 Å². The van der Waals surface area contributed by atoms with Crippen LogP contribution in [0.25, 0.3) is 10.8 Å². The van der Waals surface area contributed by atoms with Crippen LogP contribution in [0.15, 0.2) is 41.3 Å². The van der Waals surface area contributed by atoms with E-state index in [0.29, 0.717) is 16.3 Å². The number of aromatic nitrogens is 1. The number of thiophene rings is 1. The van der Waals surface area contributed by atoms with Crippen molar-refractivity contribution in [2.24, 2.45) is 0 Å². The molecule has 0 aliphatic carbocycles. The normalized spacial score (nSPS) is 12.3. The van der Waals surface area contributed by atoms with Crippen molar-refractivity contribution in [1.29, 1.82) is 0 Å². The number of nitrogens with one attached hydrogen (secondary N) is 2. The summed E-state index contributed by atoms with van der Waals surface area (Å²) in [4.78, 5) is 29.6. The van der Waals surface area contributed by atoms with Crippen LogP contribution in [0.1, 0.15) is 38.6 Å². The van der Waals surface area contributed by atoms with E-state index in [1.165, 1.54) is 16.0 Å². The molecule has 1 aromatic carbocycles. The molecule has 2 heterocycles. The number of aryl methyl sites for hydroxylation is 2. The number of pyridine rings is 1. The first-order valence-electron chi connectivity index (χ1n) is 7.45. The number of rotatable bonds is 3. The Morgan fingerprint density at radius 2 is 1.91 bits per heavy atom. The molecule has 0 bridgehead atoms. The fourth-order valence-electron chi connectivity index (χ4n) is 2.83. The number of H-pyrrole nitrogens is 1. The van der Waals surface area contributed by atoms with Crippen LogP contribution in [0.2, 0.25) is 0 Å². The highest BCUT2D eigenvalue weighted by Gasteiger charge is 2.17. The Morgan fingerprint density at radius 3 is 2.57 bits per heavy atom. The summed E-state index contributed by atoms with van der Waals surface area (Å²) in [7, 11) is 0. The lowest BCUT2D eigenvalue weighted by Gasteiger charge is -2.15. The van der Waals surface area contributed by atoms with Gasteiger partial charge in [0.05, 0.1) is 11.6 Å². The predicted octanol–water partition coefficient (Wildman–Crippen LogP) is 3.70. The molecule has 0 saturated carbocycles. The molecular weight excluding hydrogens is 308 g/mol. The fraction of sp³-hybridized carbons (Fsp3) is 0.222. The Labute approximate surface area is 138 Å². The molecule has 0 aliphatic rings. The number of fused-ring (bicyclic) bond motifs is 1. The number of carbonyl (C=O) groups excluding carboxylic acids is 1. The maximum absolute atomic E-state index is 12.6. The molecule has 3 aromatic rings. The van der Waals surface area contributed by atoms with Crippen molar-refractivity contribution < 1.29 is 4.79 Å².